The molecule has 0 atom stereocenters. The van der Waals surface area contributed by atoms with Gasteiger partial charge in [0.15, 0.2) is 0 Å². The molecule has 0 aliphatic carbocycles. The molecule has 18 heavy (non-hydrogen) atoms. The molecule has 98 valence electrons. The second-order valence-electron chi connectivity index (χ2n) is 4.62. The Balaban J connectivity index is 2.06. The zero-order chi connectivity index (χ0) is 12.8. The summed E-state index contributed by atoms with van der Waals surface area (Å²) in [6, 6.07) is 8.26. The molecule has 0 saturated carbocycles. The second-order valence-corrected chi connectivity index (χ2v) is 4.62. The van der Waals surface area contributed by atoms with Crippen molar-refractivity contribution in [3.8, 4) is 5.75 Å². The maximum atomic E-state index is 5.75. The van der Waals surface area contributed by atoms with Gasteiger partial charge in [-0.15, -0.1) is 0 Å². The monoisotopic (exact) mass is 246 g/mol. The first-order chi connectivity index (χ1) is 8.81. The number of likely N-dealkylation sites (N-methyl/N-ethyl adjacent to an activating group) is 1. The Hall–Kier alpha value is -1.48. The molecule has 1 aromatic carbocycles. The van der Waals surface area contributed by atoms with Crippen molar-refractivity contribution in [3.05, 3.63) is 36.4 Å². The molecule has 0 amide bonds. The van der Waals surface area contributed by atoms with Crippen molar-refractivity contribution < 1.29 is 4.74 Å². The Kier molecular flexibility index (Phi) is 4.65. The predicted octanol–water partition coefficient (Wildman–Crippen LogP) is 2.44. The number of fused-ring (bicyclic) bond motifs is 1. The number of nitrogens with zero attached hydrogens (tertiary/aromatic N) is 1. The summed E-state index contributed by atoms with van der Waals surface area (Å²) < 4.78 is 5.75. The van der Waals surface area contributed by atoms with Crippen molar-refractivity contribution in [1.82, 2.24) is 5.32 Å². The molecule has 1 aromatic rings. The number of nitrogens with one attached hydrogen (secondary N) is 1. The second kappa shape index (κ2) is 6.45. The van der Waals surface area contributed by atoms with Gasteiger partial charge in [-0.05, 0) is 30.7 Å². The number of ether oxygens (including phenoxy) is 1. The summed E-state index contributed by atoms with van der Waals surface area (Å²) in [5.41, 5.74) is 2.40. The highest BCUT2D eigenvalue weighted by atomic mass is 16.5. The maximum Gasteiger partial charge on any atom is 0.142 e. The molecular formula is C15H22N2O. The van der Waals surface area contributed by atoms with Crippen molar-refractivity contribution in [1.29, 1.82) is 0 Å². The van der Waals surface area contributed by atoms with Crippen molar-refractivity contribution in [3.63, 3.8) is 0 Å². The SMILES string of the molecule is C=C(CNCC)CN1CCCOc2ccccc21. The highest BCUT2D eigenvalue weighted by Crippen LogP contribution is 2.30. The summed E-state index contributed by atoms with van der Waals surface area (Å²) in [5.74, 6) is 0.992. The summed E-state index contributed by atoms with van der Waals surface area (Å²) in [6.45, 7) is 10.9. The van der Waals surface area contributed by atoms with Gasteiger partial charge in [0.1, 0.15) is 5.75 Å². The fourth-order valence-electron chi connectivity index (χ4n) is 2.19. The van der Waals surface area contributed by atoms with Crippen LogP contribution in [0, 0.1) is 0 Å². The van der Waals surface area contributed by atoms with E-state index in [-0.39, 0.29) is 0 Å². The third kappa shape index (κ3) is 3.26. The lowest BCUT2D eigenvalue weighted by atomic mass is 10.2. The summed E-state index contributed by atoms with van der Waals surface area (Å²) in [6.07, 6.45) is 1.06. The van der Waals surface area contributed by atoms with E-state index in [9.17, 15) is 0 Å². The fraction of sp³-hybridized carbons (Fsp3) is 0.467. The molecule has 2 rings (SSSR count). The van der Waals surface area contributed by atoms with Crippen LogP contribution in [0.3, 0.4) is 0 Å². The quantitative estimate of drug-likeness (QED) is 0.808. The van der Waals surface area contributed by atoms with E-state index in [1.165, 1.54) is 11.3 Å². The minimum absolute atomic E-state index is 0.799. The van der Waals surface area contributed by atoms with Gasteiger partial charge in [-0.3, -0.25) is 0 Å². The van der Waals surface area contributed by atoms with E-state index in [1.807, 2.05) is 12.1 Å². The van der Waals surface area contributed by atoms with Crippen LogP contribution in [0.25, 0.3) is 0 Å². The van der Waals surface area contributed by atoms with Crippen molar-refractivity contribution in [2.45, 2.75) is 13.3 Å². The number of para-hydroxylation sites is 2. The van der Waals surface area contributed by atoms with E-state index in [0.717, 1.165) is 45.0 Å². The molecule has 1 aliphatic rings. The Morgan fingerprint density at radius 3 is 3.11 bits per heavy atom. The van der Waals surface area contributed by atoms with Gasteiger partial charge < -0.3 is 15.0 Å². The van der Waals surface area contributed by atoms with Crippen LogP contribution in [0.15, 0.2) is 36.4 Å². The van der Waals surface area contributed by atoms with Crippen molar-refractivity contribution in [2.24, 2.45) is 0 Å². The lowest BCUT2D eigenvalue weighted by Gasteiger charge is -2.24. The third-order valence-electron chi connectivity index (χ3n) is 3.08. The Labute approximate surface area is 109 Å². The van der Waals surface area contributed by atoms with E-state index < -0.39 is 0 Å². The third-order valence-corrected chi connectivity index (χ3v) is 3.08. The minimum atomic E-state index is 0.799. The molecule has 1 aliphatic heterocycles. The van der Waals surface area contributed by atoms with Crippen LogP contribution in [-0.4, -0.2) is 32.8 Å². The van der Waals surface area contributed by atoms with Crippen LogP contribution in [0.5, 0.6) is 5.75 Å². The summed E-state index contributed by atoms with van der Waals surface area (Å²) in [4.78, 5) is 2.36. The summed E-state index contributed by atoms with van der Waals surface area (Å²) in [5, 5.41) is 3.32. The Morgan fingerprint density at radius 2 is 2.28 bits per heavy atom. The van der Waals surface area contributed by atoms with Crippen LogP contribution in [0.1, 0.15) is 13.3 Å². The van der Waals surface area contributed by atoms with Gasteiger partial charge in [0, 0.05) is 19.6 Å². The topological polar surface area (TPSA) is 24.5 Å². The minimum Gasteiger partial charge on any atom is -0.491 e. The van der Waals surface area contributed by atoms with Gasteiger partial charge >= 0.3 is 0 Å². The molecule has 0 bridgehead atoms. The Bertz CT molecular complexity index is 403. The molecule has 0 aromatic heterocycles. The van der Waals surface area contributed by atoms with Crippen LogP contribution < -0.4 is 15.0 Å². The van der Waals surface area contributed by atoms with Gasteiger partial charge in [0.05, 0.1) is 12.3 Å². The molecule has 0 spiro atoms. The molecule has 3 heteroatoms. The first-order valence-corrected chi connectivity index (χ1v) is 6.65. The number of hydrogen-bond donors (Lipinski definition) is 1. The number of benzene rings is 1. The average molecular weight is 246 g/mol. The van der Waals surface area contributed by atoms with Crippen molar-refractivity contribution in [2.75, 3.05) is 37.7 Å². The fourth-order valence-corrected chi connectivity index (χ4v) is 2.19. The largest absolute Gasteiger partial charge is 0.491 e. The molecule has 3 nitrogen and oxygen atoms in total. The standard InChI is InChI=1S/C15H22N2O/c1-3-16-11-13(2)12-17-9-6-10-18-15-8-5-4-7-14(15)17/h4-5,7-8,16H,2-3,6,9-12H2,1H3. The molecule has 0 radical (unpaired) electrons. The van der Waals surface area contributed by atoms with Gasteiger partial charge in [-0.1, -0.05) is 25.6 Å². The zero-order valence-corrected chi connectivity index (χ0v) is 11.1. The van der Waals surface area contributed by atoms with E-state index in [0.29, 0.717) is 0 Å². The summed E-state index contributed by atoms with van der Waals surface area (Å²) >= 11 is 0. The van der Waals surface area contributed by atoms with Gasteiger partial charge in [0.25, 0.3) is 0 Å². The van der Waals surface area contributed by atoms with E-state index in [4.69, 9.17) is 4.74 Å². The van der Waals surface area contributed by atoms with E-state index in [1.54, 1.807) is 0 Å². The number of hydrogen-bond acceptors (Lipinski definition) is 3. The number of rotatable bonds is 5. The van der Waals surface area contributed by atoms with Gasteiger partial charge in [-0.25, -0.2) is 0 Å². The first kappa shape index (κ1) is 13.0. The summed E-state index contributed by atoms with van der Waals surface area (Å²) in [7, 11) is 0. The molecule has 1 N–H and O–H groups in total. The van der Waals surface area contributed by atoms with Crippen LogP contribution in [-0.2, 0) is 0 Å². The lowest BCUT2D eigenvalue weighted by Crippen LogP contribution is -2.29. The van der Waals surface area contributed by atoms with Crippen molar-refractivity contribution >= 4 is 5.69 Å². The molecule has 0 fully saturated rings. The molecular weight excluding hydrogens is 224 g/mol. The molecule has 0 saturated heterocycles. The molecule has 1 heterocycles. The van der Waals surface area contributed by atoms with Crippen LogP contribution in [0.4, 0.5) is 5.69 Å². The van der Waals surface area contributed by atoms with Crippen LogP contribution in [0.2, 0.25) is 0 Å². The molecule has 0 unspecified atom stereocenters. The normalized spacial score (nSPS) is 14.6. The lowest BCUT2D eigenvalue weighted by molar-refractivity contribution is 0.322. The highest BCUT2D eigenvalue weighted by molar-refractivity contribution is 5.59. The average Bonchev–Trinajstić information content (AvgIpc) is 2.59. The van der Waals surface area contributed by atoms with E-state index in [2.05, 4.69) is 35.9 Å². The zero-order valence-electron chi connectivity index (χ0n) is 11.1. The highest BCUT2D eigenvalue weighted by Gasteiger charge is 2.15. The predicted molar refractivity (Wildman–Crippen MR) is 76.5 cm³/mol. The van der Waals surface area contributed by atoms with E-state index >= 15 is 0 Å². The number of anilines is 1. The van der Waals surface area contributed by atoms with Gasteiger partial charge in [-0.2, -0.15) is 0 Å². The van der Waals surface area contributed by atoms with Crippen LogP contribution >= 0.6 is 0 Å². The van der Waals surface area contributed by atoms with Gasteiger partial charge in [0.2, 0.25) is 0 Å². The Morgan fingerprint density at radius 1 is 1.44 bits per heavy atom. The smallest absolute Gasteiger partial charge is 0.142 e. The first-order valence-electron chi connectivity index (χ1n) is 6.65. The maximum absolute atomic E-state index is 5.75.